The second-order valence-electron chi connectivity index (χ2n) is 6.87. The molecule has 1 aromatic rings. The highest BCUT2D eigenvalue weighted by Crippen LogP contribution is 2.30. The number of carbonyl (C=O) groups excluding carboxylic acids is 3. The van der Waals surface area contributed by atoms with Gasteiger partial charge in [0.2, 0.25) is 0 Å². The topological polar surface area (TPSA) is 112 Å². The van der Waals surface area contributed by atoms with Gasteiger partial charge in [-0.25, -0.2) is 9.69 Å². The van der Waals surface area contributed by atoms with Crippen molar-refractivity contribution in [1.29, 1.82) is 0 Å². The molecule has 0 radical (unpaired) electrons. The van der Waals surface area contributed by atoms with Crippen molar-refractivity contribution < 1.29 is 38.4 Å². The molecule has 3 atom stereocenters. The Kier molecular flexibility index (Phi) is 7.94. The molecule has 9 nitrogen and oxygen atoms in total. The minimum Gasteiger partial charge on any atom is -0.479 e. The maximum atomic E-state index is 13.2. The Hall–Kier alpha value is -3.01. The zero-order valence-corrected chi connectivity index (χ0v) is 17.1. The normalized spacial score (nSPS) is 23.0. The number of methoxy groups -OCH3 is 1. The first-order valence-corrected chi connectivity index (χ1v) is 9.91. The number of ether oxygens (including phenoxy) is 4. The van der Waals surface area contributed by atoms with Crippen LogP contribution in [0.5, 0.6) is 0 Å². The number of hydrogen-bond acceptors (Lipinski definition) is 8. The molecule has 9 heteroatoms. The lowest BCUT2D eigenvalue weighted by molar-refractivity contribution is -0.153. The third-order valence-electron chi connectivity index (χ3n) is 4.87. The monoisotopic (exact) mass is 431 g/mol. The lowest BCUT2D eigenvalue weighted by Crippen LogP contribution is -2.51. The molecular formula is C22H25NO8. The highest BCUT2D eigenvalue weighted by atomic mass is 16.6. The lowest BCUT2D eigenvalue weighted by Gasteiger charge is -2.30. The first kappa shape index (κ1) is 22.7. The molecule has 1 aromatic carbocycles. The summed E-state index contributed by atoms with van der Waals surface area (Å²) in [6.45, 7) is 0.550. The van der Waals surface area contributed by atoms with Crippen molar-refractivity contribution in [1.82, 2.24) is 4.90 Å². The molecule has 2 aliphatic rings. The summed E-state index contributed by atoms with van der Waals surface area (Å²) in [5, 5.41) is 8.72. The Morgan fingerprint density at radius 2 is 2.03 bits per heavy atom. The maximum absolute atomic E-state index is 13.2. The van der Waals surface area contributed by atoms with Crippen molar-refractivity contribution in [3.63, 3.8) is 0 Å². The van der Waals surface area contributed by atoms with Crippen LogP contribution in [0.2, 0.25) is 0 Å². The molecule has 1 saturated heterocycles. The molecule has 2 amide bonds. The number of hydrogen-bond donors (Lipinski definition) is 1. The van der Waals surface area contributed by atoms with Gasteiger partial charge in [0.1, 0.15) is 18.4 Å². The van der Waals surface area contributed by atoms with E-state index in [4.69, 9.17) is 24.1 Å². The third kappa shape index (κ3) is 5.38. The van der Waals surface area contributed by atoms with E-state index in [1.807, 2.05) is 6.07 Å². The van der Waals surface area contributed by atoms with E-state index in [9.17, 15) is 14.4 Å². The molecule has 0 unspecified atom stereocenters. The molecule has 0 aromatic heterocycles. The zero-order chi connectivity index (χ0) is 22.2. The average Bonchev–Trinajstić information content (AvgIpc) is 3.18. The molecule has 0 bridgehead atoms. The van der Waals surface area contributed by atoms with Crippen LogP contribution in [-0.2, 0) is 28.5 Å². The molecule has 1 N–H and O–H groups in total. The van der Waals surface area contributed by atoms with Gasteiger partial charge in [-0.05, 0) is 30.2 Å². The second kappa shape index (κ2) is 10.9. The highest BCUT2D eigenvalue weighted by Gasteiger charge is 2.46. The summed E-state index contributed by atoms with van der Waals surface area (Å²) in [5.41, 5.74) is 0.732. The fraction of sp³-hybridized carbons (Fsp3) is 0.409. The van der Waals surface area contributed by atoms with Crippen LogP contribution in [0.15, 0.2) is 54.3 Å². The van der Waals surface area contributed by atoms with E-state index in [-0.39, 0.29) is 19.8 Å². The van der Waals surface area contributed by atoms with Gasteiger partial charge in [-0.1, -0.05) is 30.3 Å². The SMILES string of the molecule is CO[C@H](C(=O)N1C(=O)OC[C@@H]1c1ccccc1)[C@@H]1OC(=CCCOCCO)C=CC1=O. The van der Waals surface area contributed by atoms with Gasteiger partial charge in [-0.2, -0.15) is 0 Å². The Morgan fingerprint density at radius 1 is 1.26 bits per heavy atom. The number of nitrogens with zero attached hydrogens (tertiary/aromatic N) is 1. The predicted molar refractivity (Wildman–Crippen MR) is 108 cm³/mol. The first-order chi connectivity index (χ1) is 15.1. The summed E-state index contributed by atoms with van der Waals surface area (Å²) in [7, 11) is 1.28. The number of aliphatic hydroxyl groups excluding tert-OH is 1. The standard InChI is InChI=1S/C22H25NO8/c1-28-20(19-18(25)10-9-16(31-19)8-5-12-29-13-11-24)21(26)23-17(14-30-22(23)27)15-6-3-2-4-7-15/h2-4,6-10,17,19-20,24H,5,11-14H2,1H3/t17-,19-,20+/m1/s1. The van der Waals surface area contributed by atoms with E-state index in [0.29, 0.717) is 18.8 Å². The lowest BCUT2D eigenvalue weighted by atomic mass is 10.0. The number of carbonyl (C=O) groups is 3. The molecule has 0 saturated carbocycles. The molecule has 3 rings (SSSR count). The van der Waals surface area contributed by atoms with Crippen molar-refractivity contribution in [2.45, 2.75) is 24.7 Å². The Balaban J connectivity index is 1.74. The van der Waals surface area contributed by atoms with E-state index in [2.05, 4.69) is 0 Å². The number of ketones is 1. The quantitative estimate of drug-likeness (QED) is 0.586. The minimum atomic E-state index is -1.33. The van der Waals surface area contributed by atoms with E-state index in [1.54, 1.807) is 30.3 Å². The van der Waals surface area contributed by atoms with Crippen molar-refractivity contribution in [3.05, 3.63) is 59.9 Å². The van der Waals surface area contributed by atoms with Gasteiger partial charge in [0.15, 0.2) is 18.0 Å². The summed E-state index contributed by atoms with van der Waals surface area (Å²) in [6.07, 6.45) is 1.64. The molecule has 2 aliphatic heterocycles. The Bertz CT molecular complexity index is 850. The summed E-state index contributed by atoms with van der Waals surface area (Å²) >= 11 is 0. The van der Waals surface area contributed by atoms with E-state index in [0.717, 1.165) is 10.5 Å². The summed E-state index contributed by atoms with van der Waals surface area (Å²) in [6, 6.07) is 8.39. The Morgan fingerprint density at radius 3 is 2.74 bits per heavy atom. The smallest absolute Gasteiger partial charge is 0.417 e. The number of aliphatic hydroxyl groups is 1. The first-order valence-electron chi connectivity index (χ1n) is 9.91. The van der Waals surface area contributed by atoms with Crippen molar-refractivity contribution in [3.8, 4) is 0 Å². The van der Waals surface area contributed by atoms with Gasteiger partial charge < -0.3 is 24.1 Å². The van der Waals surface area contributed by atoms with Crippen LogP contribution in [-0.4, -0.2) is 73.5 Å². The number of allylic oxidation sites excluding steroid dienone is 1. The fourth-order valence-corrected chi connectivity index (χ4v) is 3.36. The minimum absolute atomic E-state index is 0.0172. The number of imide groups is 1. The molecular weight excluding hydrogens is 406 g/mol. The number of amides is 2. The summed E-state index contributed by atoms with van der Waals surface area (Å²) in [5.74, 6) is -0.772. The number of benzene rings is 1. The number of rotatable bonds is 9. The highest BCUT2D eigenvalue weighted by molar-refractivity contribution is 6.03. The molecule has 2 heterocycles. The second-order valence-corrected chi connectivity index (χ2v) is 6.87. The van der Waals surface area contributed by atoms with Crippen LogP contribution >= 0.6 is 0 Å². The average molecular weight is 431 g/mol. The third-order valence-corrected chi connectivity index (χ3v) is 4.87. The van der Waals surface area contributed by atoms with Gasteiger partial charge in [-0.3, -0.25) is 9.59 Å². The van der Waals surface area contributed by atoms with E-state index < -0.39 is 36.0 Å². The van der Waals surface area contributed by atoms with Gasteiger partial charge in [0.25, 0.3) is 5.91 Å². The molecule has 1 fully saturated rings. The van der Waals surface area contributed by atoms with Crippen LogP contribution in [0.1, 0.15) is 18.0 Å². The van der Waals surface area contributed by atoms with Crippen LogP contribution in [0.3, 0.4) is 0 Å². The molecule has 166 valence electrons. The van der Waals surface area contributed by atoms with E-state index in [1.165, 1.54) is 19.3 Å². The van der Waals surface area contributed by atoms with E-state index >= 15 is 0 Å². The summed E-state index contributed by atoms with van der Waals surface area (Å²) < 4.78 is 21.3. The van der Waals surface area contributed by atoms with Crippen molar-refractivity contribution in [2.24, 2.45) is 0 Å². The van der Waals surface area contributed by atoms with Gasteiger partial charge in [0.05, 0.1) is 19.8 Å². The van der Waals surface area contributed by atoms with Gasteiger partial charge >= 0.3 is 6.09 Å². The van der Waals surface area contributed by atoms with Crippen molar-refractivity contribution >= 4 is 17.8 Å². The molecule has 0 aliphatic carbocycles. The van der Waals surface area contributed by atoms with Crippen molar-refractivity contribution in [2.75, 3.05) is 33.5 Å². The maximum Gasteiger partial charge on any atom is 0.417 e. The fourth-order valence-electron chi connectivity index (χ4n) is 3.36. The Labute approximate surface area is 179 Å². The van der Waals surface area contributed by atoms with Crippen LogP contribution < -0.4 is 0 Å². The molecule has 0 spiro atoms. The van der Waals surface area contributed by atoms with Crippen LogP contribution in [0, 0.1) is 0 Å². The van der Waals surface area contributed by atoms with Crippen LogP contribution in [0.4, 0.5) is 4.79 Å². The summed E-state index contributed by atoms with van der Waals surface area (Å²) in [4.78, 5) is 39.0. The zero-order valence-electron chi connectivity index (χ0n) is 17.1. The largest absolute Gasteiger partial charge is 0.479 e. The predicted octanol–water partition coefficient (Wildman–Crippen LogP) is 1.53. The van der Waals surface area contributed by atoms with Gasteiger partial charge in [0, 0.05) is 7.11 Å². The van der Waals surface area contributed by atoms with Crippen LogP contribution in [0.25, 0.3) is 0 Å². The van der Waals surface area contributed by atoms with Gasteiger partial charge in [-0.15, -0.1) is 0 Å². The number of cyclic esters (lactones) is 1. The molecule has 31 heavy (non-hydrogen) atoms.